The molecule has 3 aromatic carbocycles. The Bertz CT molecular complexity index is 2180. The van der Waals surface area contributed by atoms with Crippen molar-refractivity contribution in [3.05, 3.63) is 113 Å². The zero-order valence-corrected chi connectivity index (χ0v) is 28.0. The molecule has 0 fully saturated rings. The summed E-state index contributed by atoms with van der Waals surface area (Å²) in [6.07, 6.45) is 10.3. The number of pyridine rings is 3. The fourth-order valence-electron chi connectivity index (χ4n) is 8.92. The van der Waals surface area contributed by atoms with Crippen LogP contribution in [0, 0.1) is 0 Å². The van der Waals surface area contributed by atoms with Gasteiger partial charge in [0.05, 0.1) is 27.1 Å². The number of anilines is 1. The van der Waals surface area contributed by atoms with Crippen molar-refractivity contribution in [2.45, 2.75) is 77.6 Å². The van der Waals surface area contributed by atoms with Crippen molar-refractivity contribution in [2.75, 3.05) is 19.0 Å². The van der Waals surface area contributed by atoms with Crippen LogP contribution in [0.1, 0.15) is 88.2 Å². The molecule has 0 saturated carbocycles. The van der Waals surface area contributed by atoms with Crippen molar-refractivity contribution in [3.8, 4) is 16.9 Å². The summed E-state index contributed by atoms with van der Waals surface area (Å²) in [5.74, 6) is 0. The molecule has 1 aliphatic heterocycles. The van der Waals surface area contributed by atoms with Gasteiger partial charge in [-0.1, -0.05) is 71.4 Å². The Balaban J connectivity index is 1.65. The minimum absolute atomic E-state index is 0.111. The van der Waals surface area contributed by atoms with E-state index in [2.05, 4.69) is 148 Å². The largest absolute Gasteiger partial charge is 0.378 e. The molecule has 0 spiro atoms. The third-order valence-corrected chi connectivity index (χ3v) is 11.4. The van der Waals surface area contributed by atoms with Gasteiger partial charge >= 0.3 is 0 Å². The highest BCUT2D eigenvalue weighted by Crippen LogP contribution is 2.55. The Morgan fingerprint density at radius 1 is 0.756 bits per heavy atom. The molecule has 0 N–H and O–H groups in total. The van der Waals surface area contributed by atoms with Crippen molar-refractivity contribution >= 4 is 32.7 Å². The second-order valence-corrected chi connectivity index (χ2v) is 14.2. The van der Waals surface area contributed by atoms with Gasteiger partial charge in [0, 0.05) is 43.4 Å². The number of fused-ring (bicyclic) bond motifs is 7. The average Bonchev–Trinajstić information content (AvgIpc) is 3.17. The van der Waals surface area contributed by atoms with Gasteiger partial charge in [-0.3, -0.25) is 0 Å². The molecule has 0 radical (unpaired) electrons. The molecule has 0 unspecified atom stereocenters. The Morgan fingerprint density at radius 2 is 1.56 bits per heavy atom. The molecular formula is C42H45N3+2. The van der Waals surface area contributed by atoms with Crippen LogP contribution in [-0.2, 0) is 17.3 Å². The highest BCUT2D eigenvalue weighted by molar-refractivity contribution is 6.04. The van der Waals surface area contributed by atoms with Gasteiger partial charge in [-0.05, 0) is 77.6 Å². The van der Waals surface area contributed by atoms with Gasteiger partial charge in [-0.2, -0.15) is 8.97 Å². The van der Waals surface area contributed by atoms with Crippen LogP contribution in [0.2, 0.25) is 0 Å². The molecule has 0 bridgehead atoms. The number of aromatic nitrogens is 2. The maximum atomic E-state index is 2.59. The number of nitrogens with zero attached hydrogens (tertiary/aromatic N) is 3. The second-order valence-electron chi connectivity index (χ2n) is 14.2. The monoisotopic (exact) mass is 591 g/mol. The first-order chi connectivity index (χ1) is 21.8. The Hall–Kier alpha value is -4.24. The van der Waals surface area contributed by atoms with Crippen LogP contribution >= 0.6 is 0 Å². The van der Waals surface area contributed by atoms with Crippen molar-refractivity contribution in [1.82, 2.24) is 0 Å². The molecule has 0 atom stereocenters. The summed E-state index contributed by atoms with van der Waals surface area (Å²) >= 11 is 0. The molecule has 1 aliphatic carbocycles. The summed E-state index contributed by atoms with van der Waals surface area (Å²) in [7, 11) is 4.27. The van der Waals surface area contributed by atoms with E-state index in [4.69, 9.17) is 0 Å². The van der Waals surface area contributed by atoms with E-state index in [1.807, 2.05) is 0 Å². The van der Waals surface area contributed by atoms with Crippen molar-refractivity contribution in [3.63, 3.8) is 0 Å². The zero-order valence-electron chi connectivity index (χ0n) is 28.0. The first kappa shape index (κ1) is 28.2. The SMILES string of the molecule is CCCCc1cc2c3c4[n+](ccc3c1)-c1c([n+]3ccccc3c3cc(N(C)C)ccc13)C(CC)(CC)c1cccc(c1-4)C2(C)C. The van der Waals surface area contributed by atoms with E-state index in [9.17, 15) is 0 Å². The number of rotatable bonds is 6. The normalized spacial score (nSPS) is 15.4. The third-order valence-electron chi connectivity index (χ3n) is 11.4. The Kier molecular flexibility index (Phi) is 6.20. The minimum atomic E-state index is -0.174. The summed E-state index contributed by atoms with van der Waals surface area (Å²) < 4.78 is 5.12. The van der Waals surface area contributed by atoms with E-state index in [-0.39, 0.29) is 10.8 Å². The number of benzene rings is 3. The summed E-state index contributed by atoms with van der Waals surface area (Å²) in [4.78, 5) is 2.21. The lowest BCUT2D eigenvalue weighted by Gasteiger charge is -2.36. The van der Waals surface area contributed by atoms with Crippen LogP contribution in [0.15, 0.2) is 85.2 Å². The molecule has 8 rings (SSSR count). The van der Waals surface area contributed by atoms with Gasteiger partial charge in [0.25, 0.3) is 11.4 Å². The standard InChI is InChI=1S/C42H45N3/c1-8-11-15-27-24-28-21-23-45-38-30-20-19-29(43(6)7)26-31(30)35-18-12-13-22-44(35)40(38)42(9-2,10-3)33-17-14-16-32-37(33)39(45)36(28)34(25-27)41(32,4)5/h12-14,16-26H,8-11,15H2,1-7H3/q+2. The number of hydrogen-bond acceptors (Lipinski definition) is 1. The minimum Gasteiger partial charge on any atom is -0.378 e. The van der Waals surface area contributed by atoms with Gasteiger partial charge < -0.3 is 4.90 Å². The first-order valence-corrected chi connectivity index (χ1v) is 17.0. The van der Waals surface area contributed by atoms with E-state index < -0.39 is 0 Å². The summed E-state index contributed by atoms with van der Waals surface area (Å²) in [6, 6.07) is 28.4. The van der Waals surface area contributed by atoms with Gasteiger partial charge in [-0.15, -0.1) is 0 Å². The molecule has 3 nitrogen and oxygen atoms in total. The van der Waals surface area contributed by atoms with Gasteiger partial charge in [0.1, 0.15) is 0 Å². The summed E-state index contributed by atoms with van der Waals surface area (Å²) in [6.45, 7) is 12.0. The fourth-order valence-corrected chi connectivity index (χ4v) is 8.92. The van der Waals surface area contributed by atoms with E-state index in [1.54, 1.807) is 0 Å². The summed E-state index contributed by atoms with van der Waals surface area (Å²) in [5, 5.41) is 5.40. The van der Waals surface area contributed by atoms with Gasteiger partial charge in [0.2, 0.25) is 11.2 Å². The van der Waals surface area contributed by atoms with Gasteiger partial charge in [-0.25, -0.2) is 0 Å². The van der Waals surface area contributed by atoms with E-state index in [0.29, 0.717) is 0 Å². The molecule has 2 aliphatic rings. The molecule has 0 amide bonds. The third kappa shape index (κ3) is 3.64. The van der Waals surface area contributed by atoms with Crippen LogP contribution in [-0.4, -0.2) is 14.1 Å². The predicted octanol–water partition coefficient (Wildman–Crippen LogP) is 9.14. The molecule has 6 aromatic rings. The molecule has 3 aromatic heterocycles. The van der Waals surface area contributed by atoms with Crippen LogP contribution in [0.5, 0.6) is 0 Å². The second kappa shape index (κ2) is 9.88. The van der Waals surface area contributed by atoms with Crippen LogP contribution < -0.4 is 13.9 Å². The highest BCUT2D eigenvalue weighted by atomic mass is 15.1. The highest BCUT2D eigenvalue weighted by Gasteiger charge is 2.53. The van der Waals surface area contributed by atoms with Crippen molar-refractivity contribution < 1.29 is 8.97 Å². The number of unbranched alkanes of at least 4 members (excludes halogenated alkanes) is 1. The van der Waals surface area contributed by atoms with E-state index >= 15 is 0 Å². The molecule has 226 valence electrons. The molecule has 0 saturated heterocycles. The fraction of sp³-hybridized carbons (Fsp3) is 0.333. The lowest BCUT2D eigenvalue weighted by atomic mass is 9.64. The summed E-state index contributed by atoms with van der Waals surface area (Å²) in [5.41, 5.74) is 13.6. The van der Waals surface area contributed by atoms with E-state index in [1.165, 1.54) is 90.5 Å². The van der Waals surface area contributed by atoms with Crippen LogP contribution in [0.4, 0.5) is 5.69 Å². The maximum Gasteiger partial charge on any atom is 0.288 e. The quantitative estimate of drug-likeness (QED) is 0.139. The predicted molar refractivity (Wildman–Crippen MR) is 188 cm³/mol. The van der Waals surface area contributed by atoms with Gasteiger partial charge in [0.15, 0.2) is 12.4 Å². The Morgan fingerprint density at radius 3 is 2.31 bits per heavy atom. The smallest absolute Gasteiger partial charge is 0.288 e. The number of hydrogen-bond donors (Lipinski definition) is 0. The van der Waals surface area contributed by atoms with Crippen LogP contribution in [0.3, 0.4) is 0 Å². The topological polar surface area (TPSA) is 11.2 Å². The van der Waals surface area contributed by atoms with Crippen LogP contribution in [0.25, 0.3) is 44.0 Å². The number of aryl methyl sites for hydroxylation is 1. The average molecular weight is 592 g/mol. The molecular weight excluding hydrogens is 546 g/mol. The molecule has 4 heterocycles. The lowest BCUT2D eigenvalue weighted by molar-refractivity contribution is -0.599. The lowest BCUT2D eigenvalue weighted by Crippen LogP contribution is -2.45. The zero-order chi connectivity index (χ0) is 31.2. The molecule has 3 heteroatoms. The first-order valence-electron chi connectivity index (χ1n) is 17.0. The van der Waals surface area contributed by atoms with Crippen molar-refractivity contribution in [2.24, 2.45) is 0 Å². The van der Waals surface area contributed by atoms with E-state index in [0.717, 1.165) is 19.3 Å². The Labute approximate surface area is 267 Å². The maximum absolute atomic E-state index is 2.59. The van der Waals surface area contributed by atoms with Crippen molar-refractivity contribution in [1.29, 1.82) is 0 Å². The molecule has 45 heavy (non-hydrogen) atoms.